The molecular weight excluding hydrogens is 324 g/mol. The van der Waals surface area contributed by atoms with Crippen LogP contribution in [0.25, 0.3) is 0 Å². The van der Waals surface area contributed by atoms with Crippen LogP contribution in [0, 0.1) is 0 Å². The van der Waals surface area contributed by atoms with Gasteiger partial charge in [-0.3, -0.25) is 0 Å². The molecule has 0 amide bonds. The molecule has 3 aliphatic rings. The van der Waals surface area contributed by atoms with Crippen molar-refractivity contribution in [3.63, 3.8) is 0 Å². The van der Waals surface area contributed by atoms with Gasteiger partial charge in [-0.2, -0.15) is 0 Å². The Morgan fingerprint density at radius 2 is 1.73 bits per heavy atom. The summed E-state index contributed by atoms with van der Waals surface area (Å²) in [4.78, 5) is 19.1. The molecule has 26 heavy (non-hydrogen) atoms. The first-order valence-electron chi connectivity index (χ1n) is 10.2. The molecule has 1 unspecified atom stereocenters. The molecule has 4 heterocycles. The highest BCUT2D eigenvalue weighted by molar-refractivity contribution is 5.52. The summed E-state index contributed by atoms with van der Waals surface area (Å²) in [6.07, 6.45) is 11.5. The molecule has 0 saturated carbocycles. The molecule has 2 aromatic rings. The third kappa shape index (κ3) is 2.66. The number of aryl methyl sites for hydroxylation is 1. The highest BCUT2D eigenvalue weighted by atomic mass is 15.3. The number of aromatic nitrogens is 4. The van der Waals surface area contributed by atoms with Crippen molar-refractivity contribution in [3.05, 3.63) is 29.6 Å². The van der Waals surface area contributed by atoms with Crippen molar-refractivity contribution in [2.45, 2.75) is 57.4 Å². The Morgan fingerprint density at radius 3 is 2.58 bits per heavy atom. The van der Waals surface area contributed by atoms with Gasteiger partial charge in [-0.25, -0.2) is 15.0 Å². The van der Waals surface area contributed by atoms with E-state index in [1.807, 2.05) is 0 Å². The molecule has 2 aromatic heterocycles. The largest absolute Gasteiger partial charge is 0.356 e. The van der Waals surface area contributed by atoms with Crippen LogP contribution in [0.3, 0.4) is 0 Å². The fourth-order valence-corrected chi connectivity index (χ4v) is 4.93. The summed E-state index contributed by atoms with van der Waals surface area (Å²) in [7, 11) is 2.21. The minimum atomic E-state index is 0.340. The molecule has 5 rings (SSSR count). The molecule has 0 radical (unpaired) electrons. The number of fused-ring (bicyclic) bond motifs is 1. The van der Waals surface area contributed by atoms with Crippen LogP contribution in [0.4, 0.5) is 11.6 Å². The number of rotatable bonds is 3. The average molecular weight is 352 g/mol. The van der Waals surface area contributed by atoms with Crippen molar-refractivity contribution in [2.75, 3.05) is 29.4 Å². The van der Waals surface area contributed by atoms with Gasteiger partial charge in [0.25, 0.3) is 0 Å². The summed E-state index contributed by atoms with van der Waals surface area (Å²) in [5.74, 6) is 3.37. The van der Waals surface area contributed by atoms with Crippen molar-refractivity contribution >= 4 is 11.6 Å². The second-order valence-corrected chi connectivity index (χ2v) is 7.91. The van der Waals surface area contributed by atoms with E-state index in [0.29, 0.717) is 6.04 Å². The zero-order valence-electron chi connectivity index (χ0n) is 15.7. The first kappa shape index (κ1) is 16.1. The van der Waals surface area contributed by atoms with Gasteiger partial charge in [0, 0.05) is 38.4 Å². The first-order valence-corrected chi connectivity index (χ1v) is 10.2. The third-order valence-electron chi connectivity index (χ3n) is 6.32. The maximum Gasteiger partial charge on any atom is 0.134 e. The smallest absolute Gasteiger partial charge is 0.134 e. The summed E-state index contributed by atoms with van der Waals surface area (Å²) in [5, 5.41) is 0. The highest BCUT2D eigenvalue weighted by Gasteiger charge is 2.32. The topological polar surface area (TPSA) is 50.1 Å². The van der Waals surface area contributed by atoms with E-state index in [0.717, 1.165) is 44.1 Å². The van der Waals surface area contributed by atoms with E-state index < -0.39 is 0 Å². The standard InChI is InChI=1S/C20H28N6/c1-24-16-8-3-2-7-15(16)23-20(24)17-9-6-12-26(17)19-13-18(21-14-22-19)25-10-4-5-11-25/h13-14,17H,2-12H2,1H3. The third-order valence-corrected chi connectivity index (χ3v) is 6.32. The van der Waals surface area contributed by atoms with Crippen LogP contribution in [0.15, 0.2) is 12.4 Å². The maximum absolute atomic E-state index is 5.08. The lowest BCUT2D eigenvalue weighted by molar-refractivity contribution is 0.607. The second kappa shape index (κ2) is 6.56. The van der Waals surface area contributed by atoms with Gasteiger partial charge in [-0.1, -0.05) is 0 Å². The first-order chi connectivity index (χ1) is 12.8. The number of hydrogen-bond donors (Lipinski definition) is 0. The van der Waals surface area contributed by atoms with Gasteiger partial charge in [0.1, 0.15) is 23.8 Å². The van der Waals surface area contributed by atoms with Gasteiger partial charge in [0.15, 0.2) is 0 Å². The van der Waals surface area contributed by atoms with E-state index in [1.54, 1.807) is 6.33 Å². The van der Waals surface area contributed by atoms with Crippen molar-refractivity contribution < 1.29 is 0 Å². The lowest BCUT2D eigenvalue weighted by atomic mass is 10.0. The van der Waals surface area contributed by atoms with E-state index in [1.165, 1.54) is 55.7 Å². The molecule has 2 aliphatic heterocycles. The van der Waals surface area contributed by atoms with Crippen LogP contribution < -0.4 is 9.80 Å². The van der Waals surface area contributed by atoms with Gasteiger partial charge < -0.3 is 14.4 Å². The van der Waals surface area contributed by atoms with E-state index in [-0.39, 0.29) is 0 Å². The zero-order valence-corrected chi connectivity index (χ0v) is 15.7. The van der Waals surface area contributed by atoms with Crippen molar-refractivity contribution in [3.8, 4) is 0 Å². The van der Waals surface area contributed by atoms with E-state index >= 15 is 0 Å². The van der Waals surface area contributed by atoms with Crippen LogP contribution >= 0.6 is 0 Å². The molecule has 138 valence electrons. The number of anilines is 2. The lowest BCUT2D eigenvalue weighted by Gasteiger charge is -2.26. The molecule has 2 saturated heterocycles. The zero-order chi connectivity index (χ0) is 17.5. The monoisotopic (exact) mass is 352 g/mol. The SMILES string of the molecule is Cn1c(C2CCCN2c2cc(N3CCCC3)ncn2)nc2c1CCCC2. The van der Waals surface area contributed by atoms with Crippen LogP contribution in [0.2, 0.25) is 0 Å². The minimum absolute atomic E-state index is 0.340. The summed E-state index contributed by atoms with van der Waals surface area (Å²) in [6, 6.07) is 2.53. The Balaban J connectivity index is 1.46. The fraction of sp³-hybridized carbons (Fsp3) is 0.650. The maximum atomic E-state index is 5.08. The minimum Gasteiger partial charge on any atom is -0.356 e. The predicted molar refractivity (Wildman–Crippen MR) is 103 cm³/mol. The Morgan fingerprint density at radius 1 is 0.923 bits per heavy atom. The van der Waals surface area contributed by atoms with Crippen molar-refractivity contribution in [2.24, 2.45) is 7.05 Å². The average Bonchev–Trinajstić information content (AvgIpc) is 3.42. The van der Waals surface area contributed by atoms with Gasteiger partial charge in [0.2, 0.25) is 0 Å². The Kier molecular flexibility index (Phi) is 4.06. The van der Waals surface area contributed by atoms with Gasteiger partial charge in [0.05, 0.1) is 11.7 Å². The number of hydrogen-bond acceptors (Lipinski definition) is 5. The van der Waals surface area contributed by atoms with Crippen LogP contribution in [0.1, 0.15) is 61.8 Å². The molecule has 0 spiro atoms. The summed E-state index contributed by atoms with van der Waals surface area (Å²) < 4.78 is 2.38. The van der Waals surface area contributed by atoms with Gasteiger partial charge >= 0.3 is 0 Å². The molecule has 1 atom stereocenters. The number of nitrogens with zero attached hydrogens (tertiary/aromatic N) is 6. The summed E-state index contributed by atoms with van der Waals surface area (Å²) in [5.41, 5.74) is 2.79. The van der Waals surface area contributed by atoms with Crippen LogP contribution in [-0.2, 0) is 19.9 Å². The Hall–Kier alpha value is -2.11. The van der Waals surface area contributed by atoms with Gasteiger partial charge in [-0.15, -0.1) is 0 Å². The van der Waals surface area contributed by atoms with Crippen LogP contribution in [-0.4, -0.2) is 39.2 Å². The molecule has 2 fully saturated rings. The Bertz CT molecular complexity index is 792. The normalized spacial score (nSPS) is 22.9. The summed E-state index contributed by atoms with van der Waals surface area (Å²) in [6.45, 7) is 3.29. The predicted octanol–water partition coefficient (Wildman–Crippen LogP) is 3.03. The molecule has 6 heteroatoms. The van der Waals surface area contributed by atoms with E-state index in [9.17, 15) is 0 Å². The molecule has 6 nitrogen and oxygen atoms in total. The van der Waals surface area contributed by atoms with Crippen LogP contribution in [0.5, 0.6) is 0 Å². The van der Waals surface area contributed by atoms with Crippen molar-refractivity contribution in [1.82, 2.24) is 19.5 Å². The highest BCUT2D eigenvalue weighted by Crippen LogP contribution is 2.37. The lowest BCUT2D eigenvalue weighted by Crippen LogP contribution is -2.27. The molecular formula is C20H28N6. The second-order valence-electron chi connectivity index (χ2n) is 7.91. The molecule has 0 aromatic carbocycles. The Labute approximate surface area is 155 Å². The molecule has 0 bridgehead atoms. The van der Waals surface area contributed by atoms with Crippen molar-refractivity contribution in [1.29, 1.82) is 0 Å². The van der Waals surface area contributed by atoms with E-state index in [2.05, 4.69) is 37.4 Å². The quantitative estimate of drug-likeness (QED) is 0.850. The molecule has 0 N–H and O–H groups in total. The van der Waals surface area contributed by atoms with Gasteiger partial charge in [-0.05, 0) is 51.4 Å². The number of imidazole rings is 1. The van der Waals surface area contributed by atoms with E-state index in [4.69, 9.17) is 4.98 Å². The molecule has 1 aliphatic carbocycles. The summed E-state index contributed by atoms with van der Waals surface area (Å²) >= 11 is 0. The fourth-order valence-electron chi connectivity index (χ4n) is 4.93.